The molecule has 0 radical (unpaired) electrons. The molecule has 120 valence electrons. The van der Waals surface area contributed by atoms with E-state index < -0.39 is 5.97 Å². The van der Waals surface area contributed by atoms with E-state index in [0.29, 0.717) is 25.9 Å². The lowest BCUT2D eigenvalue weighted by atomic mass is 9.86. The third-order valence-electron chi connectivity index (χ3n) is 4.51. The van der Waals surface area contributed by atoms with Crippen LogP contribution < -0.4 is 5.32 Å². The van der Waals surface area contributed by atoms with Gasteiger partial charge in [-0.15, -0.1) is 0 Å². The summed E-state index contributed by atoms with van der Waals surface area (Å²) in [5.74, 6) is -0.995. The Bertz CT molecular complexity index is 370. The maximum Gasteiger partial charge on any atom is 0.317 e. The van der Waals surface area contributed by atoms with Crippen molar-refractivity contribution < 1.29 is 24.2 Å². The number of urea groups is 1. The summed E-state index contributed by atoms with van der Waals surface area (Å²) in [4.78, 5) is 24.8. The van der Waals surface area contributed by atoms with Crippen molar-refractivity contribution in [1.82, 2.24) is 10.2 Å². The smallest absolute Gasteiger partial charge is 0.317 e. The molecule has 1 saturated carbocycles. The van der Waals surface area contributed by atoms with E-state index in [1.54, 1.807) is 19.1 Å². The van der Waals surface area contributed by atoms with Crippen molar-refractivity contribution in [3.8, 4) is 0 Å². The van der Waals surface area contributed by atoms with E-state index in [1.165, 1.54) is 0 Å². The number of likely N-dealkylation sites (tertiary alicyclic amines) is 1. The number of aliphatic carboxylic acids is 1. The Balaban J connectivity index is 1.79. The predicted octanol–water partition coefficient (Wildman–Crippen LogP) is 0.685. The molecule has 2 aliphatic rings. The van der Waals surface area contributed by atoms with Crippen molar-refractivity contribution >= 4 is 12.0 Å². The van der Waals surface area contributed by atoms with Gasteiger partial charge in [-0.25, -0.2) is 4.79 Å². The zero-order chi connectivity index (χ0) is 15.4. The molecule has 0 bridgehead atoms. The number of carbonyl (C=O) groups excluding carboxylic acids is 1. The fraction of sp³-hybridized carbons (Fsp3) is 0.857. The number of methoxy groups -OCH3 is 2. The second-order valence-corrected chi connectivity index (χ2v) is 5.79. The van der Waals surface area contributed by atoms with Crippen LogP contribution in [0.1, 0.15) is 25.7 Å². The standard InChI is InChI=1S/C14H24N2O5/c1-20-11-7-16(8-12(11)21-2)14(19)15-10-5-3-9(4-6-10)13(17)18/h9-12H,3-8H2,1-2H3,(H,15,19)(H,17,18)/t9?,10?,11-,12+. The van der Waals surface area contributed by atoms with E-state index in [1.807, 2.05) is 0 Å². The maximum absolute atomic E-state index is 12.2. The molecular formula is C14H24N2O5. The summed E-state index contributed by atoms with van der Waals surface area (Å²) in [6.45, 7) is 1.04. The molecule has 7 heteroatoms. The molecule has 0 aromatic heterocycles. The number of nitrogens with zero attached hydrogens (tertiary/aromatic N) is 1. The van der Waals surface area contributed by atoms with Gasteiger partial charge in [0.05, 0.1) is 19.0 Å². The van der Waals surface area contributed by atoms with Gasteiger partial charge in [-0.05, 0) is 25.7 Å². The van der Waals surface area contributed by atoms with Crippen LogP contribution in [0.3, 0.4) is 0 Å². The number of amides is 2. The molecule has 0 unspecified atom stereocenters. The minimum atomic E-state index is -0.731. The first-order valence-corrected chi connectivity index (χ1v) is 7.39. The quantitative estimate of drug-likeness (QED) is 0.797. The van der Waals surface area contributed by atoms with Crippen LogP contribution in [0.15, 0.2) is 0 Å². The molecule has 2 fully saturated rings. The van der Waals surface area contributed by atoms with Gasteiger partial charge in [-0.3, -0.25) is 4.79 Å². The predicted molar refractivity (Wildman–Crippen MR) is 75.1 cm³/mol. The number of carboxylic acids is 1. The summed E-state index contributed by atoms with van der Waals surface area (Å²) in [6.07, 6.45) is 2.51. The van der Waals surface area contributed by atoms with Gasteiger partial charge in [0.15, 0.2) is 0 Å². The van der Waals surface area contributed by atoms with Gasteiger partial charge in [-0.1, -0.05) is 0 Å². The maximum atomic E-state index is 12.2. The van der Waals surface area contributed by atoms with E-state index in [9.17, 15) is 9.59 Å². The molecule has 7 nitrogen and oxygen atoms in total. The van der Waals surface area contributed by atoms with Gasteiger partial charge in [0, 0.05) is 20.3 Å². The number of rotatable bonds is 4. The average molecular weight is 300 g/mol. The number of hydrogen-bond acceptors (Lipinski definition) is 4. The van der Waals surface area contributed by atoms with E-state index >= 15 is 0 Å². The van der Waals surface area contributed by atoms with E-state index in [4.69, 9.17) is 14.6 Å². The van der Waals surface area contributed by atoms with Crippen LogP contribution in [0.2, 0.25) is 0 Å². The molecule has 2 N–H and O–H groups in total. The summed E-state index contributed by atoms with van der Waals surface area (Å²) in [7, 11) is 3.23. The molecule has 1 heterocycles. The molecule has 2 amide bonds. The lowest BCUT2D eigenvalue weighted by Gasteiger charge is -2.28. The van der Waals surface area contributed by atoms with Gasteiger partial charge in [0.25, 0.3) is 0 Å². The van der Waals surface area contributed by atoms with E-state index in [-0.39, 0.29) is 30.2 Å². The molecule has 1 aliphatic heterocycles. The Morgan fingerprint density at radius 2 is 1.57 bits per heavy atom. The highest BCUT2D eigenvalue weighted by Gasteiger charge is 2.36. The Hall–Kier alpha value is -1.34. The van der Waals surface area contributed by atoms with Crippen molar-refractivity contribution in [2.75, 3.05) is 27.3 Å². The fourth-order valence-corrected chi connectivity index (χ4v) is 3.11. The first-order chi connectivity index (χ1) is 10.0. The monoisotopic (exact) mass is 300 g/mol. The molecule has 1 saturated heterocycles. The Labute approximate surface area is 124 Å². The van der Waals surface area contributed by atoms with Crippen LogP contribution >= 0.6 is 0 Å². The Morgan fingerprint density at radius 3 is 2.00 bits per heavy atom. The lowest BCUT2D eigenvalue weighted by molar-refractivity contribution is -0.142. The van der Waals surface area contributed by atoms with Crippen molar-refractivity contribution in [3.05, 3.63) is 0 Å². The summed E-state index contributed by atoms with van der Waals surface area (Å²) in [5.41, 5.74) is 0. The van der Waals surface area contributed by atoms with Gasteiger partial charge >= 0.3 is 12.0 Å². The highest BCUT2D eigenvalue weighted by atomic mass is 16.5. The molecule has 0 aromatic carbocycles. The second kappa shape index (κ2) is 7.09. The number of carboxylic acid groups (broad SMARTS) is 1. The number of carbonyl (C=O) groups is 2. The third-order valence-corrected chi connectivity index (χ3v) is 4.51. The van der Waals surface area contributed by atoms with Crippen LogP contribution in [-0.4, -0.2) is 67.6 Å². The van der Waals surface area contributed by atoms with Crippen LogP contribution in [-0.2, 0) is 14.3 Å². The Kier molecular flexibility index (Phi) is 5.41. The number of nitrogens with one attached hydrogen (secondary N) is 1. The summed E-state index contributed by atoms with van der Waals surface area (Å²) >= 11 is 0. The SMILES string of the molecule is CO[C@H]1CN(C(=O)NC2CCC(C(=O)O)CC2)C[C@H]1OC. The molecular weight excluding hydrogens is 276 g/mol. The first kappa shape index (κ1) is 16.0. The summed E-state index contributed by atoms with van der Waals surface area (Å²) in [6, 6.07) is -0.0499. The zero-order valence-corrected chi connectivity index (χ0v) is 12.6. The largest absolute Gasteiger partial charge is 0.481 e. The topological polar surface area (TPSA) is 88.1 Å². The molecule has 0 aromatic rings. The minimum Gasteiger partial charge on any atom is -0.481 e. The van der Waals surface area contributed by atoms with Crippen LogP contribution in [0.4, 0.5) is 4.79 Å². The van der Waals surface area contributed by atoms with Crippen molar-refractivity contribution in [3.63, 3.8) is 0 Å². The van der Waals surface area contributed by atoms with Crippen molar-refractivity contribution in [2.45, 2.75) is 43.9 Å². The summed E-state index contributed by atoms with van der Waals surface area (Å²) < 4.78 is 10.6. The molecule has 2 atom stereocenters. The zero-order valence-electron chi connectivity index (χ0n) is 12.6. The summed E-state index contributed by atoms with van der Waals surface area (Å²) in [5, 5.41) is 12.0. The molecule has 2 rings (SSSR count). The van der Waals surface area contributed by atoms with Crippen molar-refractivity contribution in [1.29, 1.82) is 0 Å². The Morgan fingerprint density at radius 1 is 1.05 bits per heavy atom. The third kappa shape index (κ3) is 3.85. The minimum absolute atomic E-state index is 0.0655. The average Bonchev–Trinajstić information content (AvgIpc) is 2.91. The van der Waals surface area contributed by atoms with Gasteiger partial charge < -0.3 is 24.8 Å². The number of ether oxygens (including phenoxy) is 2. The van der Waals surface area contributed by atoms with Gasteiger partial charge in [-0.2, -0.15) is 0 Å². The molecule has 21 heavy (non-hydrogen) atoms. The highest BCUT2D eigenvalue weighted by Crippen LogP contribution is 2.25. The van der Waals surface area contributed by atoms with Crippen molar-refractivity contribution in [2.24, 2.45) is 5.92 Å². The molecule has 1 aliphatic carbocycles. The fourth-order valence-electron chi connectivity index (χ4n) is 3.11. The highest BCUT2D eigenvalue weighted by molar-refractivity contribution is 5.75. The van der Waals surface area contributed by atoms with Gasteiger partial charge in [0.2, 0.25) is 0 Å². The molecule has 0 spiro atoms. The van der Waals surface area contributed by atoms with Crippen LogP contribution in [0, 0.1) is 5.92 Å². The van der Waals surface area contributed by atoms with Crippen LogP contribution in [0.25, 0.3) is 0 Å². The number of hydrogen-bond donors (Lipinski definition) is 2. The second-order valence-electron chi connectivity index (χ2n) is 5.79. The normalized spacial score (nSPS) is 33.0. The van der Waals surface area contributed by atoms with E-state index in [2.05, 4.69) is 5.32 Å². The van der Waals surface area contributed by atoms with Crippen LogP contribution in [0.5, 0.6) is 0 Å². The lowest BCUT2D eigenvalue weighted by Crippen LogP contribution is -2.46. The van der Waals surface area contributed by atoms with E-state index in [0.717, 1.165) is 12.8 Å². The van der Waals surface area contributed by atoms with Gasteiger partial charge in [0.1, 0.15) is 12.2 Å². The first-order valence-electron chi connectivity index (χ1n) is 7.39.